The van der Waals surface area contributed by atoms with E-state index in [4.69, 9.17) is 5.11 Å². The SMILES string of the molecule is O=C(O)C1CCCN(C(=O)NC(C2CCC2)C2CCC2)C1. The van der Waals surface area contributed by atoms with Crippen LogP contribution in [0, 0.1) is 17.8 Å². The van der Waals surface area contributed by atoms with E-state index in [1.54, 1.807) is 4.90 Å². The number of amides is 2. The predicted molar refractivity (Wildman–Crippen MR) is 78.9 cm³/mol. The number of hydrogen-bond donors (Lipinski definition) is 2. The molecule has 1 saturated heterocycles. The van der Waals surface area contributed by atoms with Gasteiger partial charge in [-0.25, -0.2) is 4.79 Å². The lowest BCUT2D eigenvalue weighted by Crippen LogP contribution is -2.55. The van der Waals surface area contributed by atoms with Crippen LogP contribution in [0.25, 0.3) is 0 Å². The third kappa shape index (κ3) is 3.16. The molecule has 3 fully saturated rings. The predicted octanol–water partition coefficient (Wildman–Crippen LogP) is 2.46. The number of hydrogen-bond acceptors (Lipinski definition) is 2. The zero-order valence-electron chi connectivity index (χ0n) is 12.6. The molecule has 0 spiro atoms. The number of nitrogens with zero attached hydrogens (tertiary/aromatic N) is 1. The normalized spacial score (nSPS) is 27.1. The number of nitrogens with one attached hydrogen (secondary N) is 1. The summed E-state index contributed by atoms with van der Waals surface area (Å²) >= 11 is 0. The molecule has 0 bridgehead atoms. The highest BCUT2D eigenvalue weighted by Gasteiger charge is 2.38. The molecular formula is C16H26N2O3. The summed E-state index contributed by atoms with van der Waals surface area (Å²) in [6.07, 6.45) is 9.00. The number of carboxylic acid groups (broad SMARTS) is 1. The van der Waals surface area contributed by atoms with Crippen LogP contribution < -0.4 is 5.32 Å². The number of carbonyl (C=O) groups excluding carboxylic acids is 1. The summed E-state index contributed by atoms with van der Waals surface area (Å²) in [6, 6.07) is 0.287. The second kappa shape index (κ2) is 6.24. The smallest absolute Gasteiger partial charge is 0.317 e. The molecule has 2 amide bonds. The molecule has 1 aliphatic heterocycles. The van der Waals surface area contributed by atoms with Gasteiger partial charge < -0.3 is 15.3 Å². The molecule has 2 saturated carbocycles. The average Bonchev–Trinajstić information content (AvgIpc) is 2.34. The maximum absolute atomic E-state index is 12.5. The molecule has 118 valence electrons. The van der Waals surface area contributed by atoms with Gasteiger partial charge in [-0.3, -0.25) is 4.79 Å². The third-order valence-corrected chi connectivity index (χ3v) is 5.66. The van der Waals surface area contributed by atoms with Gasteiger partial charge in [0.05, 0.1) is 5.92 Å². The van der Waals surface area contributed by atoms with Crippen LogP contribution in [0.4, 0.5) is 4.79 Å². The van der Waals surface area contributed by atoms with E-state index in [0.717, 1.165) is 6.42 Å². The molecule has 5 heteroatoms. The van der Waals surface area contributed by atoms with Gasteiger partial charge in [0.1, 0.15) is 0 Å². The summed E-state index contributed by atoms with van der Waals surface area (Å²) < 4.78 is 0. The Morgan fingerprint density at radius 3 is 2.10 bits per heavy atom. The molecule has 1 unspecified atom stereocenters. The molecule has 0 aromatic rings. The lowest BCUT2D eigenvalue weighted by atomic mass is 9.68. The fraction of sp³-hybridized carbons (Fsp3) is 0.875. The first-order chi connectivity index (χ1) is 10.1. The quantitative estimate of drug-likeness (QED) is 0.837. The Morgan fingerprint density at radius 1 is 1.00 bits per heavy atom. The van der Waals surface area contributed by atoms with E-state index in [2.05, 4.69) is 5.32 Å². The number of aliphatic carboxylic acids is 1. The fourth-order valence-electron chi connectivity index (χ4n) is 3.82. The summed E-state index contributed by atoms with van der Waals surface area (Å²) in [6.45, 7) is 1.06. The average molecular weight is 294 g/mol. The highest BCUT2D eigenvalue weighted by atomic mass is 16.4. The molecule has 1 atom stereocenters. The fourth-order valence-corrected chi connectivity index (χ4v) is 3.82. The second-order valence-electron chi connectivity index (χ2n) is 6.98. The van der Waals surface area contributed by atoms with Crippen molar-refractivity contribution in [3.05, 3.63) is 0 Å². The Morgan fingerprint density at radius 2 is 1.62 bits per heavy atom. The Hall–Kier alpha value is -1.26. The Bertz CT molecular complexity index is 390. The maximum atomic E-state index is 12.5. The highest BCUT2D eigenvalue weighted by molar-refractivity contribution is 5.76. The Balaban J connectivity index is 1.57. The van der Waals surface area contributed by atoms with E-state index in [0.29, 0.717) is 37.4 Å². The van der Waals surface area contributed by atoms with Crippen LogP contribution in [-0.2, 0) is 4.79 Å². The van der Waals surface area contributed by atoms with Gasteiger partial charge in [0.25, 0.3) is 0 Å². The van der Waals surface area contributed by atoms with E-state index in [9.17, 15) is 9.59 Å². The molecule has 2 N–H and O–H groups in total. The molecule has 0 aromatic carbocycles. The molecule has 0 aromatic heterocycles. The first-order valence-electron chi connectivity index (χ1n) is 8.43. The zero-order valence-corrected chi connectivity index (χ0v) is 12.6. The van der Waals surface area contributed by atoms with Crippen LogP contribution in [-0.4, -0.2) is 41.1 Å². The third-order valence-electron chi connectivity index (χ3n) is 5.66. The van der Waals surface area contributed by atoms with Crippen molar-refractivity contribution < 1.29 is 14.7 Å². The van der Waals surface area contributed by atoms with Crippen molar-refractivity contribution in [1.82, 2.24) is 10.2 Å². The summed E-state index contributed by atoms with van der Waals surface area (Å²) in [7, 11) is 0. The lowest BCUT2D eigenvalue weighted by Gasteiger charge is -2.44. The van der Waals surface area contributed by atoms with E-state index < -0.39 is 11.9 Å². The van der Waals surface area contributed by atoms with Gasteiger partial charge in [0, 0.05) is 19.1 Å². The van der Waals surface area contributed by atoms with Crippen molar-refractivity contribution in [2.24, 2.45) is 17.8 Å². The van der Waals surface area contributed by atoms with Gasteiger partial charge in [-0.05, 0) is 50.4 Å². The van der Waals surface area contributed by atoms with Gasteiger partial charge in [-0.2, -0.15) is 0 Å². The minimum absolute atomic E-state index is 0.0373. The number of piperidine rings is 1. The topological polar surface area (TPSA) is 69.6 Å². The van der Waals surface area contributed by atoms with Crippen LogP contribution in [0.5, 0.6) is 0 Å². The summed E-state index contributed by atoms with van der Waals surface area (Å²) in [4.78, 5) is 25.3. The minimum Gasteiger partial charge on any atom is -0.481 e. The van der Waals surface area contributed by atoms with Gasteiger partial charge in [-0.1, -0.05) is 12.8 Å². The van der Waals surface area contributed by atoms with E-state index >= 15 is 0 Å². The monoisotopic (exact) mass is 294 g/mol. The molecular weight excluding hydrogens is 268 g/mol. The molecule has 0 radical (unpaired) electrons. The maximum Gasteiger partial charge on any atom is 0.317 e. The van der Waals surface area contributed by atoms with Gasteiger partial charge in [-0.15, -0.1) is 0 Å². The first kappa shape index (κ1) is 14.7. The standard InChI is InChI=1S/C16H26N2O3/c19-15(20)13-8-3-9-18(10-13)16(21)17-14(11-4-1-5-11)12-6-2-7-12/h11-14H,1-10H2,(H,17,21)(H,19,20). The van der Waals surface area contributed by atoms with E-state index in [-0.39, 0.29) is 6.03 Å². The van der Waals surface area contributed by atoms with Crippen LogP contribution in [0.1, 0.15) is 51.4 Å². The number of carbonyl (C=O) groups is 2. The van der Waals surface area contributed by atoms with Gasteiger partial charge in [0.15, 0.2) is 0 Å². The van der Waals surface area contributed by atoms with Crippen LogP contribution >= 0.6 is 0 Å². The van der Waals surface area contributed by atoms with Crippen LogP contribution in [0.3, 0.4) is 0 Å². The summed E-state index contributed by atoms with van der Waals surface area (Å²) in [5.74, 6) is 0.135. The van der Waals surface area contributed by atoms with Gasteiger partial charge in [0.2, 0.25) is 0 Å². The molecule has 1 heterocycles. The van der Waals surface area contributed by atoms with Gasteiger partial charge >= 0.3 is 12.0 Å². The molecule has 5 nitrogen and oxygen atoms in total. The van der Waals surface area contributed by atoms with Crippen molar-refractivity contribution in [3.63, 3.8) is 0 Å². The second-order valence-corrected chi connectivity index (χ2v) is 6.98. The van der Waals surface area contributed by atoms with Crippen molar-refractivity contribution in [3.8, 4) is 0 Å². The molecule has 21 heavy (non-hydrogen) atoms. The molecule has 3 aliphatic rings. The van der Waals surface area contributed by atoms with E-state index in [1.807, 2.05) is 0 Å². The highest BCUT2D eigenvalue weighted by Crippen LogP contribution is 2.40. The van der Waals surface area contributed by atoms with Crippen molar-refractivity contribution in [1.29, 1.82) is 0 Å². The summed E-state index contributed by atoms with van der Waals surface area (Å²) in [5, 5.41) is 12.4. The minimum atomic E-state index is -0.776. The first-order valence-corrected chi connectivity index (χ1v) is 8.43. The van der Waals surface area contributed by atoms with Crippen molar-refractivity contribution in [2.45, 2.75) is 57.4 Å². The molecule has 2 aliphatic carbocycles. The Kier molecular flexibility index (Phi) is 4.36. The van der Waals surface area contributed by atoms with Crippen molar-refractivity contribution in [2.75, 3.05) is 13.1 Å². The van der Waals surface area contributed by atoms with Crippen LogP contribution in [0.2, 0.25) is 0 Å². The molecule has 3 rings (SSSR count). The zero-order chi connectivity index (χ0) is 14.8. The van der Waals surface area contributed by atoms with Crippen molar-refractivity contribution >= 4 is 12.0 Å². The van der Waals surface area contributed by atoms with Crippen LogP contribution in [0.15, 0.2) is 0 Å². The lowest BCUT2D eigenvalue weighted by molar-refractivity contribution is -0.143. The number of urea groups is 1. The largest absolute Gasteiger partial charge is 0.481 e. The Labute approximate surface area is 126 Å². The number of rotatable bonds is 4. The number of carboxylic acids is 1. The summed E-state index contributed by atoms with van der Waals surface area (Å²) in [5.41, 5.74) is 0. The van der Waals surface area contributed by atoms with E-state index in [1.165, 1.54) is 38.5 Å². The number of likely N-dealkylation sites (tertiary alicyclic amines) is 1.